The molecule has 3 heteroatoms. The molecule has 0 aliphatic heterocycles. The van der Waals surface area contributed by atoms with Gasteiger partial charge in [0.2, 0.25) is 0 Å². The number of rotatable bonds is 3. The maximum absolute atomic E-state index is 8.82. The van der Waals surface area contributed by atoms with Crippen LogP contribution in [-0.2, 0) is 0 Å². The van der Waals surface area contributed by atoms with Crippen LogP contribution in [-0.4, -0.2) is 36.4 Å². The second-order valence-electron chi connectivity index (χ2n) is 1.90. The van der Waals surface area contributed by atoms with E-state index in [0.717, 1.165) is 6.54 Å². The Morgan fingerprint density at radius 3 is 2.38 bits per heavy atom. The largest absolute Gasteiger partial charge is 0.379 e. The van der Waals surface area contributed by atoms with Crippen molar-refractivity contribution < 1.29 is 5.11 Å². The van der Waals surface area contributed by atoms with Crippen LogP contribution < -0.4 is 5.73 Å². The summed E-state index contributed by atoms with van der Waals surface area (Å²) >= 11 is 0. The minimum Gasteiger partial charge on any atom is -0.379 e. The zero-order valence-electron chi connectivity index (χ0n) is 5.46. The first-order valence-corrected chi connectivity index (χ1v) is 2.77. The van der Waals surface area contributed by atoms with Crippen molar-refractivity contribution in [3.05, 3.63) is 0 Å². The van der Waals surface area contributed by atoms with Gasteiger partial charge in [0.1, 0.15) is 6.23 Å². The van der Waals surface area contributed by atoms with Gasteiger partial charge in [-0.2, -0.15) is 0 Å². The van der Waals surface area contributed by atoms with Gasteiger partial charge in [-0.15, -0.1) is 0 Å². The lowest BCUT2D eigenvalue weighted by atomic mass is 10.5. The number of nitrogens with zero attached hydrogens (tertiary/aromatic N) is 1. The molecular weight excluding hydrogens is 104 g/mol. The number of nitrogens with two attached hydrogens (primary N) is 1. The molecule has 0 radical (unpaired) electrons. The van der Waals surface area contributed by atoms with Crippen LogP contribution in [0, 0.1) is 0 Å². The van der Waals surface area contributed by atoms with Crippen molar-refractivity contribution in [3.63, 3.8) is 0 Å². The van der Waals surface area contributed by atoms with E-state index in [1.165, 1.54) is 0 Å². The van der Waals surface area contributed by atoms with E-state index < -0.39 is 0 Å². The van der Waals surface area contributed by atoms with Gasteiger partial charge < -0.3 is 10.8 Å². The third kappa shape index (κ3) is 2.96. The second-order valence-corrected chi connectivity index (χ2v) is 1.90. The summed E-state index contributed by atoms with van der Waals surface area (Å²) in [6.45, 7) is 3.06. The van der Waals surface area contributed by atoms with Crippen LogP contribution in [0.2, 0.25) is 0 Å². The summed E-state index contributed by atoms with van der Waals surface area (Å²) in [6.07, 6.45) is -0.376. The summed E-state index contributed by atoms with van der Waals surface area (Å²) in [5.41, 5.74) is 5.21. The van der Waals surface area contributed by atoms with Gasteiger partial charge in [-0.1, -0.05) is 0 Å². The monoisotopic (exact) mass is 118 g/mol. The standard InChI is InChI=1S/C5H14N2O/c1-5(8)7(2)4-3-6/h5,8H,3-4,6H2,1-2H3. The summed E-state index contributed by atoms with van der Waals surface area (Å²) in [6, 6.07) is 0. The maximum Gasteiger partial charge on any atom is 0.104 e. The first kappa shape index (κ1) is 7.88. The maximum atomic E-state index is 8.82. The minimum absolute atomic E-state index is 0.376. The van der Waals surface area contributed by atoms with E-state index in [9.17, 15) is 0 Å². The lowest BCUT2D eigenvalue weighted by molar-refractivity contribution is 0.0408. The smallest absolute Gasteiger partial charge is 0.104 e. The highest BCUT2D eigenvalue weighted by Crippen LogP contribution is 1.85. The van der Waals surface area contributed by atoms with Gasteiger partial charge in [-0.05, 0) is 14.0 Å². The van der Waals surface area contributed by atoms with Gasteiger partial charge in [-0.25, -0.2) is 0 Å². The molecule has 0 amide bonds. The van der Waals surface area contributed by atoms with E-state index in [1.807, 2.05) is 7.05 Å². The van der Waals surface area contributed by atoms with Crippen molar-refractivity contribution >= 4 is 0 Å². The second kappa shape index (κ2) is 3.83. The van der Waals surface area contributed by atoms with Crippen LogP contribution in [0.1, 0.15) is 6.92 Å². The topological polar surface area (TPSA) is 49.5 Å². The normalized spacial score (nSPS) is 14.6. The van der Waals surface area contributed by atoms with E-state index >= 15 is 0 Å². The Balaban J connectivity index is 3.17. The highest BCUT2D eigenvalue weighted by Gasteiger charge is 2.00. The van der Waals surface area contributed by atoms with Crippen LogP contribution in [0.15, 0.2) is 0 Å². The number of aliphatic hydroxyl groups excluding tert-OH is 1. The van der Waals surface area contributed by atoms with E-state index in [0.29, 0.717) is 6.54 Å². The van der Waals surface area contributed by atoms with Gasteiger partial charge in [-0.3, -0.25) is 4.90 Å². The molecule has 8 heavy (non-hydrogen) atoms. The predicted octanol–water partition coefficient (Wildman–Crippen LogP) is -0.785. The molecule has 0 saturated carbocycles. The molecule has 3 N–H and O–H groups in total. The number of hydrogen-bond donors (Lipinski definition) is 2. The lowest BCUT2D eigenvalue weighted by Gasteiger charge is -2.17. The van der Waals surface area contributed by atoms with Crippen LogP contribution in [0.25, 0.3) is 0 Å². The minimum atomic E-state index is -0.376. The molecule has 1 unspecified atom stereocenters. The summed E-state index contributed by atoms with van der Waals surface area (Å²) in [5.74, 6) is 0. The highest BCUT2D eigenvalue weighted by atomic mass is 16.3. The Morgan fingerprint density at radius 2 is 2.25 bits per heavy atom. The zero-order chi connectivity index (χ0) is 6.57. The zero-order valence-corrected chi connectivity index (χ0v) is 5.46. The molecule has 0 fully saturated rings. The average molecular weight is 118 g/mol. The molecule has 0 aromatic carbocycles. The molecule has 50 valence electrons. The molecule has 0 spiro atoms. The molecule has 0 saturated heterocycles. The molecule has 0 rings (SSSR count). The SMILES string of the molecule is CC(O)N(C)CCN. The molecular formula is C5H14N2O. The first-order chi connectivity index (χ1) is 3.68. The fourth-order valence-electron chi connectivity index (χ4n) is 0.390. The Kier molecular flexibility index (Phi) is 3.77. The predicted molar refractivity (Wildman–Crippen MR) is 33.4 cm³/mol. The number of hydrogen-bond acceptors (Lipinski definition) is 3. The molecule has 0 aromatic rings. The summed E-state index contributed by atoms with van der Waals surface area (Å²) in [4.78, 5) is 1.78. The van der Waals surface area contributed by atoms with Gasteiger partial charge in [0.25, 0.3) is 0 Å². The molecule has 0 aliphatic rings. The Labute approximate surface area is 50.1 Å². The molecule has 0 aromatic heterocycles. The van der Waals surface area contributed by atoms with Crippen LogP contribution in [0.4, 0.5) is 0 Å². The third-order valence-corrected chi connectivity index (χ3v) is 1.12. The van der Waals surface area contributed by atoms with Crippen LogP contribution in [0.3, 0.4) is 0 Å². The Hall–Kier alpha value is -0.120. The number of aliphatic hydroxyl groups is 1. The van der Waals surface area contributed by atoms with Crippen molar-refractivity contribution in [1.29, 1.82) is 0 Å². The third-order valence-electron chi connectivity index (χ3n) is 1.12. The lowest BCUT2D eigenvalue weighted by Crippen LogP contribution is -2.33. The van der Waals surface area contributed by atoms with Crippen molar-refractivity contribution in [2.75, 3.05) is 20.1 Å². The van der Waals surface area contributed by atoms with Gasteiger partial charge in [0.05, 0.1) is 0 Å². The summed E-state index contributed by atoms with van der Waals surface area (Å²) in [7, 11) is 1.83. The van der Waals surface area contributed by atoms with Gasteiger partial charge >= 0.3 is 0 Å². The summed E-state index contributed by atoms with van der Waals surface area (Å²) < 4.78 is 0. The fourth-order valence-corrected chi connectivity index (χ4v) is 0.390. The summed E-state index contributed by atoms with van der Waals surface area (Å²) in [5, 5.41) is 8.82. The van der Waals surface area contributed by atoms with E-state index in [4.69, 9.17) is 10.8 Å². The van der Waals surface area contributed by atoms with Gasteiger partial charge in [0, 0.05) is 13.1 Å². The van der Waals surface area contributed by atoms with Crippen molar-refractivity contribution in [1.82, 2.24) is 4.90 Å². The van der Waals surface area contributed by atoms with Crippen LogP contribution >= 0.6 is 0 Å². The first-order valence-electron chi connectivity index (χ1n) is 2.77. The van der Waals surface area contributed by atoms with Gasteiger partial charge in [0.15, 0.2) is 0 Å². The average Bonchev–Trinajstić information content (AvgIpc) is 1.67. The quantitative estimate of drug-likeness (QED) is 0.478. The van der Waals surface area contributed by atoms with E-state index in [1.54, 1.807) is 11.8 Å². The molecule has 0 aliphatic carbocycles. The van der Waals surface area contributed by atoms with E-state index in [2.05, 4.69) is 0 Å². The van der Waals surface area contributed by atoms with Crippen LogP contribution in [0.5, 0.6) is 0 Å². The van der Waals surface area contributed by atoms with E-state index in [-0.39, 0.29) is 6.23 Å². The number of likely N-dealkylation sites (N-methyl/N-ethyl adjacent to an activating group) is 1. The molecule has 0 bridgehead atoms. The highest BCUT2D eigenvalue weighted by molar-refractivity contribution is 4.49. The molecule has 0 heterocycles. The van der Waals surface area contributed by atoms with Crippen molar-refractivity contribution in [3.8, 4) is 0 Å². The Bertz CT molecular complexity index is 56.4. The van der Waals surface area contributed by atoms with Crippen molar-refractivity contribution in [2.45, 2.75) is 13.2 Å². The van der Waals surface area contributed by atoms with Crippen molar-refractivity contribution in [2.24, 2.45) is 5.73 Å². The molecule has 1 atom stereocenters. The fraction of sp³-hybridized carbons (Fsp3) is 1.00. The Morgan fingerprint density at radius 1 is 1.75 bits per heavy atom. The molecule has 3 nitrogen and oxygen atoms in total.